The van der Waals surface area contributed by atoms with Crippen molar-refractivity contribution in [2.75, 3.05) is 24.3 Å². The van der Waals surface area contributed by atoms with E-state index in [1.54, 1.807) is 18.2 Å². The first-order valence-corrected chi connectivity index (χ1v) is 14.8. The van der Waals surface area contributed by atoms with Gasteiger partial charge in [-0.05, 0) is 66.9 Å². The predicted octanol–water partition coefficient (Wildman–Crippen LogP) is 4.15. The number of aliphatic carboxylic acids is 1. The van der Waals surface area contributed by atoms with Crippen molar-refractivity contribution < 1.29 is 63.0 Å². The summed E-state index contributed by atoms with van der Waals surface area (Å²) in [5, 5.41) is 25.5. The number of carbonyl (C=O) groups excluding carboxylic acids is 6. The fourth-order valence-corrected chi connectivity index (χ4v) is 5.11. The molecule has 6 rings (SSSR count). The molecule has 1 heterocycles. The van der Waals surface area contributed by atoms with Gasteiger partial charge in [-0.2, -0.15) is 0 Å². The fourth-order valence-electron chi connectivity index (χ4n) is 5.11. The van der Waals surface area contributed by atoms with Crippen LogP contribution in [0, 0.1) is 10.8 Å². The summed E-state index contributed by atoms with van der Waals surface area (Å²) in [6.07, 6.45) is -0.319. The largest absolute Gasteiger partial charge is 0.480 e. The molecule has 0 bridgehead atoms. The van der Waals surface area contributed by atoms with E-state index in [1.807, 2.05) is 61.6 Å². The number of carboxylic acids is 1. The summed E-state index contributed by atoms with van der Waals surface area (Å²) in [6, 6.07) is 25.0. The molecule has 1 atom stereocenters. The summed E-state index contributed by atoms with van der Waals surface area (Å²) >= 11 is 0. The van der Waals surface area contributed by atoms with Gasteiger partial charge in [-0.1, -0.05) is 24.3 Å². The molecule has 0 radical (unpaired) electrons. The van der Waals surface area contributed by atoms with Gasteiger partial charge in [0.15, 0.2) is 17.3 Å². The number of esters is 2. The maximum absolute atomic E-state index is 12.7. The van der Waals surface area contributed by atoms with Crippen LogP contribution in [-0.2, 0) is 43.2 Å². The molecule has 15 heteroatoms. The SMILES string of the molecule is CNc1ccc(Oc2cc(Oc3ccc(NC(=O)C(COO)(C(C)=O)C(=O)O)cc3)cc3ccccc23)cc1.O=C1CC(=O)C12C(=O)OC2=O. The Morgan fingerprint density at radius 1 is 0.820 bits per heavy atom. The van der Waals surface area contributed by atoms with Gasteiger partial charge in [0.05, 0.1) is 6.42 Å². The topological polar surface area (TPSA) is 221 Å². The van der Waals surface area contributed by atoms with Gasteiger partial charge in [0, 0.05) is 29.9 Å². The van der Waals surface area contributed by atoms with Crippen molar-refractivity contribution in [3.05, 3.63) is 84.9 Å². The molecule has 1 spiro atoms. The number of ether oxygens (including phenoxy) is 3. The second kappa shape index (κ2) is 14.0. The Morgan fingerprint density at radius 3 is 1.90 bits per heavy atom. The van der Waals surface area contributed by atoms with Gasteiger partial charge in [-0.15, -0.1) is 0 Å². The van der Waals surface area contributed by atoms with Crippen LogP contribution in [0.1, 0.15) is 13.3 Å². The average molecular weight is 685 g/mol. The van der Waals surface area contributed by atoms with Crippen LogP contribution < -0.4 is 20.1 Å². The smallest absolute Gasteiger partial charge is 0.346 e. The highest BCUT2D eigenvalue weighted by Gasteiger charge is 2.75. The van der Waals surface area contributed by atoms with Gasteiger partial charge in [-0.25, -0.2) is 14.5 Å². The second-order valence-corrected chi connectivity index (χ2v) is 11.1. The highest BCUT2D eigenvalue weighted by Crippen LogP contribution is 2.42. The van der Waals surface area contributed by atoms with Crippen LogP contribution >= 0.6 is 0 Å². The number of carbonyl (C=O) groups is 7. The molecule has 2 aliphatic rings. The highest BCUT2D eigenvalue weighted by molar-refractivity contribution is 6.51. The number of cyclic esters (lactones) is 2. The molecule has 1 aliphatic heterocycles. The van der Waals surface area contributed by atoms with Crippen LogP contribution in [-0.4, -0.2) is 65.2 Å². The maximum atomic E-state index is 12.7. The summed E-state index contributed by atoms with van der Waals surface area (Å²) in [5.74, 6) is -4.97. The molecule has 4 aromatic rings. The third-order valence-corrected chi connectivity index (χ3v) is 8.11. The van der Waals surface area contributed by atoms with Crippen LogP contribution in [0.3, 0.4) is 0 Å². The molecular formula is C35H28N2O13. The quantitative estimate of drug-likeness (QED) is 0.0755. The van der Waals surface area contributed by atoms with Gasteiger partial charge in [0.2, 0.25) is 5.41 Å². The van der Waals surface area contributed by atoms with Crippen molar-refractivity contribution in [1.82, 2.24) is 0 Å². The standard InChI is InChI=1S/C29H26N2O8.C6H2O5/c1-18(32)29(17-37-36,28(34)35)27(33)31-21-9-13-22(14-10-21)38-24-15-19-5-3-4-6-25(19)26(16-24)39-23-11-7-20(30-2)8-12-23;7-2-1-3(8)6(2)4(9)11-5(6)10/h3-16,30,36H,17H2,1-2H3,(H,31,33)(H,34,35);1H2. The number of carboxylic acid groups (broad SMARTS) is 1. The summed E-state index contributed by atoms with van der Waals surface area (Å²) in [7, 11) is 1.84. The van der Waals surface area contributed by atoms with E-state index in [0.29, 0.717) is 23.0 Å². The molecule has 0 aromatic heterocycles. The number of Topliss-reactive ketones (excluding diaryl/α,β-unsaturated/α-hetero) is 3. The van der Waals surface area contributed by atoms with Gasteiger partial charge < -0.3 is 30.0 Å². The minimum absolute atomic E-state index is 0.213. The van der Waals surface area contributed by atoms with Crippen molar-refractivity contribution in [3.8, 4) is 23.0 Å². The third kappa shape index (κ3) is 6.25. The highest BCUT2D eigenvalue weighted by atomic mass is 17.1. The molecule has 1 amide bonds. The van der Waals surface area contributed by atoms with Crippen LogP contribution in [0.5, 0.6) is 23.0 Å². The van der Waals surface area contributed by atoms with E-state index in [4.69, 9.17) is 14.7 Å². The van der Waals surface area contributed by atoms with Crippen LogP contribution in [0.4, 0.5) is 11.4 Å². The number of anilines is 2. The minimum Gasteiger partial charge on any atom is -0.480 e. The van der Waals surface area contributed by atoms with E-state index in [9.17, 15) is 38.7 Å². The summed E-state index contributed by atoms with van der Waals surface area (Å²) < 4.78 is 16.1. The Balaban J connectivity index is 0.000000371. The number of fused-ring (bicyclic) bond motifs is 1. The number of ketones is 3. The van der Waals surface area contributed by atoms with Crippen molar-refractivity contribution >= 4 is 63.3 Å². The van der Waals surface area contributed by atoms with Crippen molar-refractivity contribution in [2.24, 2.45) is 10.8 Å². The molecule has 256 valence electrons. The lowest BCUT2D eigenvalue weighted by molar-refractivity contribution is -0.258. The molecule has 1 unspecified atom stereocenters. The molecule has 1 aliphatic carbocycles. The lowest BCUT2D eigenvalue weighted by Crippen LogP contribution is -2.69. The molecule has 15 nitrogen and oxygen atoms in total. The summed E-state index contributed by atoms with van der Waals surface area (Å²) in [6.45, 7) is -0.0979. The zero-order valence-electron chi connectivity index (χ0n) is 26.4. The third-order valence-electron chi connectivity index (χ3n) is 8.11. The zero-order chi connectivity index (χ0) is 36.2. The number of nitrogens with one attached hydrogen (secondary N) is 2. The molecule has 1 saturated heterocycles. The van der Waals surface area contributed by atoms with E-state index in [1.165, 1.54) is 12.1 Å². The summed E-state index contributed by atoms with van der Waals surface area (Å²) in [5.41, 5.74) is -3.43. The molecule has 4 aromatic carbocycles. The van der Waals surface area contributed by atoms with Crippen molar-refractivity contribution in [1.29, 1.82) is 0 Å². The first kappa shape index (κ1) is 34.9. The van der Waals surface area contributed by atoms with E-state index < -0.39 is 58.6 Å². The second-order valence-electron chi connectivity index (χ2n) is 11.1. The Labute approximate surface area is 282 Å². The number of hydrogen-bond donors (Lipinski definition) is 4. The Morgan fingerprint density at radius 2 is 1.40 bits per heavy atom. The van der Waals surface area contributed by atoms with Crippen LogP contribution in [0.25, 0.3) is 10.8 Å². The number of benzene rings is 4. The first-order chi connectivity index (χ1) is 23.9. The predicted molar refractivity (Wildman–Crippen MR) is 173 cm³/mol. The normalized spacial score (nSPS) is 15.3. The number of hydrogen-bond acceptors (Lipinski definition) is 13. The maximum Gasteiger partial charge on any atom is 0.346 e. The lowest BCUT2D eigenvalue weighted by atomic mass is 9.63. The number of amides is 1. The molecule has 1 saturated carbocycles. The minimum atomic E-state index is -2.60. The zero-order valence-corrected chi connectivity index (χ0v) is 26.4. The Hall–Kier alpha value is -6.45. The van der Waals surface area contributed by atoms with E-state index in [0.717, 1.165) is 23.4 Å². The van der Waals surface area contributed by atoms with E-state index >= 15 is 0 Å². The Kier molecular flexibility index (Phi) is 9.73. The summed E-state index contributed by atoms with van der Waals surface area (Å²) in [4.78, 5) is 82.8. The molecular weight excluding hydrogens is 656 g/mol. The Bertz CT molecular complexity index is 1960. The van der Waals surface area contributed by atoms with Crippen LogP contribution in [0.15, 0.2) is 84.9 Å². The van der Waals surface area contributed by atoms with Gasteiger partial charge in [0.25, 0.3) is 11.3 Å². The fraction of sp³-hybridized carbons (Fsp3) is 0.171. The molecule has 50 heavy (non-hydrogen) atoms. The van der Waals surface area contributed by atoms with Crippen molar-refractivity contribution in [3.63, 3.8) is 0 Å². The lowest BCUT2D eigenvalue weighted by Gasteiger charge is -2.38. The van der Waals surface area contributed by atoms with Crippen LogP contribution in [0.2, 0.25) is 0 Å². The average Bonchev–Trinajstić information content (AvgIpc) is 3.08. The van der Waals surface area contributed by atoms with E-state index in [2.05, 4.69) is 20.3 Å². The van der Waals surface area contributed by atoms with E-state index in [-0.39, 0.29) is 12.1 Å². The van der Waals surface area contributed by atoms with Gasteiger partial charge >= 0.3 is 17.9 Å². The number of rotatable bonds is 11. The van der Waals surface area contributed by atoms with Gasteiger partial charge in [-0.3, -0.25) is 29.2 Å². The molecule has 2 fully saturated rings. The van der Waals surface area contributed by atoms with Gasteiger partial charge in [0.1, 0.15) is 29.6 Å². The monoisotopic (exact) mass is 684 g/mol. The first-order valence-electron chi connectivity index (χ1n) is 14.8. The van der Waals surface area contributed by atoms with Crippen molar-refractivity contribution in [2.45, 2.75) is 13.3 Å². The molecule has 4 N–H and O–H groups in total.